The van der Waals surface area contributed by atoms with Crippen LogP contribution in [-0.4, -0.2) is 24.6 Å². The number of rotatable bonds is 11. The fraction of sp³-hybridized carbons (Fsp3) is 0.280. The number of hydrogen-bond acceptors (Lipinski definition) is 4. The summed E-state index contributed by atoms with van der Waals surface area (Å²) in [6.07, 6.45) is 10.9. The number of unbranched alkanes of at least 4 members (excludes halogenated alkanes) is 2. The van der Waals surface area contributed by atoms with Crippen LogP contribution in [0.5, 0.6) is 0 Å². The molecule has 4 heteroatoms. The lowest BCUT2D eigenvalue weighted by Crippen LogP contribution is -2.16. The molecule has 2 aromatic rings. The zero-order valence-electron chi connectivity index (χ0n) is 16.8. The minimum atomic E-state index is -0.353. The average molecular weight is 392 g/mol. The first-order valence-corrected chi connectivity index (χ1v) is 10.0. The predicted molar refractivity (Wildman–Crippen MR) is 115 cm³/mol. The molecule has 0 spiro atoms. The number of esters is 2. The highest BCUT2D eigenvalue weighted by Gasteiger charge is 2.12. The summed E-state index contributed by atoms with van der Waals surface area (Å²) in [5, 5.41) is 0. The van der Waals surface area contributed by atoms with Gasteiger partial charge in [0.25, 0.3) is 0 Å². The summed E-state index contributed by atoms with van der Waals surface area (Å²) in [5.41, 5.74) is 1.07. The van der Waals surface area contributed by atoms with Gasteiger partial charge in [0.2, 0.25) is 0 Å². The summed E-state index contributed by atoms with van der Waals surface area (Å²) < 4.78 is 10.8. The van der Waals surface area contributed by atoms with Gasteiger partial charge in [-0.2, -0.15) is 0 Å². The molecule has 0 aromatic heterocycles. The summed E-state index contributed by atoms with van der Waals surface area (Å²) >= 11 is 0. The molecule has 29 heavy (non-hydrogen) atoms. The van der Waals surface area contributed by atoms with Gasteiger partial charge in [-0.3, -0.25) is 0 Å². The van der Waals surface area contributed by atoms with Crippen molar-refractivity contribution in [2.24, 2.45) is 0 Å². The summed E-state index contributed by atoms with van der Waals surface area (Å²) in [6, 6.07) is 17.9. The Labute approximate surface area is 172 Å². The van der Waals surface area contributed by atoms with Crippen LogP contribution in [0.1, 0.15) is 53.3 Å². The van der Waals surface area contributed by atoms with E-state index in [1.165, 1.54) is 0 Å². The normalized spacial score (nSPS) is 12.2. The molecule has 0 fully saturated rings. The molecule has 0 aliphatic heterocycles. The number of hydrogen-bond donors (Lipinski definition) is 0. The van der Waals surface area contributed by atoms with E-state index in [0.717, 1.165) is 25.7 Å². The second-order valence-corrected chi connectivity index (χ2v) is 6.58. The van der Waals surface area contributed by atoms with Crippen molar-refractivity contribution in [2.75, 3.05) is 6.61 Å². The highest BCUT2D eigenvalue weighted by atomic mass is 16.5. The van der Waals surface area contributed by atoms with Crippen LogP contribution in [-0.2, 0) is 9.47 Å². The molecule has 0 bridgehead atoms. The van der Waals surface area contributed by atoms with Crippen molar-refractivity contribution in [2.45, 2.75) is 38.7 Å². The van der Waals surface area contributed by atoms with Crippen molar-refractivity contribution in [3.05, 3.63) is 96.1 Å². The van der Waals surface area contributed by atoms with E-state index in [-0.39, 0.29) is 24.6 Å². The van der Waals surface area contributed by atoms with Crippen LogP contribution in [0.25, 0.3) is 0 Å². The summed E-state index contributed by atoms with van der Waals surface area (Å²) in [5.74, 6) is -0.675. The number of benzene rings is 2. The minimum absolute atomic E-state index is 0.183. The monoisotopic (exact) mass is 392 g/mol. The van der Waals surface area contributed by atoms with E-state index in [4.69, 9.17) is 9.47 Å². The predicted octanol–water partition coefficient (Wildman–Crippen LogP) is 5.76. The summed E-state index contributed by atoms with van der Waals surface area (Å²) in [7, 11) is 0. The van der Waals surface area contributed by atoms with Crippen molar-refractivity contribution in [3.8, 4) is 0 Å². The van der Waals surface area contributed by atoms with Crippen molar-refractivity contribution in [1.29, 1.82) is 0 Å². The lowest BCUT2D eigenvalue weighted by Gasteiger charge is -2.14. The van der Waals surface area contributed by atoms with Crippen molar-refractivity contribution in [1.82, 2.24) is 0 Å². The molecule has 0 amide bonds. The van der Waals surface area contributed by atoms with Gasteiger partial charge in [-0.15, -0.1) is 0 Å². The van der Waals surface area contributed by atoms with E-state index in [9.17, 15) is 9.59 Å². The van der Waals surface area contributed by atoms with Gasteiger partial charge in [0, 0.05) is 0 Å². The second-order valence-electron chi connectivity index (χ2n) is 6.58. The molecular weight excluding hydrogens is 364 g/mol. The van der Waals surface area contributed by atoms with E-state index in [1.54, 1.807) is 48.6 Å². The Balaban J connectivity index is 1.83. The Morgan fingerprint density at radius 1 is 0.862 bits per heavy atom. The van der Waals surface area contributed by atoms with Crippen LogP contribution < -0.4 is 0 Å². The van der Waals surface area contributed by atoms with Crippen LogP contribution in [0.15, 0.2) is 85.0 Å². The standard InChI is InChI=1S/C25H28O4/c1-2-3-7-18-23(29-25(27)22-16-10-5-11-17-22)19-12-6-13-20-28-24(26)21-14-8-4-9-15-21/h4-6,8-17,19,23H,2-3,7,18,20H2,1H3/b13-6-,19-12-. The molecular formula is C25H28O4. The first kappa shape index (κ1) is 22.2. The molecule has 2 rings (SSSR count). The quantitative estimate of drug-likeness (QED) is 0.277. The van der Waals surface area contributed by atoms with Crippen molar-refractivity contribution >= 4 is 11.9 Å². The third-order valence-corrected chi connectivity index (χ3v) is 4.25. The Bertz CT molecular complexity index is 794. The fourth-order valence-electron chi connectivity index (χ4n) is 2.67. The van der Waals surface area contributed by atoms with Crippen LogP contribution in [0, 0.1) is 0 Å². The molecule has 1 atom stereocenters. The number of ether oxygens (including phenoxy) is 2. The van der Waals surface area contributed by atoms with Gasteiger partial charge >= 0.3 is 11.9 Å². The molecule has 0 N–H and O–H groups in total. The third kappa shape index (κ3) is 8.60. The maximum atomic E-state index is 12.3. The Morgan fingerprint density at radius 3 is 2.10 bits per heavy atom. The molecule has 1 unspecified atom stereocenters. The molecule has 0 saturated carbocycles. The average Bonchev–Trinajstić information content (AvgIpc) is 2.77. The molecule has 0 saturated heterocycles. The molecule has 4 nitrogen and oxygen atoms in total. The minimum Gasteiger partial charge on any atom is -0.458 e. The SMILES string of the molecule is CCCCCC(/C=C\C=C/COC(=O)c1ccccc1)OC(=O)c1ccccc1. The second kappa shape index (κ2) is 13.1. The lowest BCUT2D eigenvalue weighted by atomic mass is 10.1. The first-order valence-electron chi connectivity index (χ1n) is 10.0. The zero-order chi connectivity index (χ0) is 20.7. The summed E-state index contributed by atoms with van der Waals surface area (Å²) in [4.78, 5) is 24.2. The number of allylic oxidation sites excluding steroid dienone is 2. The molecule has 2 aromatic carbocycles. The molecule has 0 radical (unpaired) electrons. The zero-order valence-corrected chi connectivity index (χ0v) is 16.8. The third-order valence-electron chi connectivity index (χ3n) is 4.25. The van der Waals surface area contributed by atoms with E-state index < -0.39 is 0 Å². The van der Waals surface area contributed by atoms with E-state index in [1.807, 2.05) is 36.4 Å². The van der Waals surface area contributed by atoms with Crippen molar-refractivity contribution in [3.63, 3.8) is 0 Å². The highest BCUT2D eigenvalue weighted by Crippen LogP contribution is 2.12. The Hall–Kier alpha value is -3.14. The first-order chi connectivity index (χ1) is 14.2. The van der Waals surface area contributed by atoms with Crippen LogP contribution in [0.3, 0.4) is 0 Å². The number of carbonyl (C=O) groups is 2. The maximum absolute atomic E-state index is 12.3. The van der Waals surface area contributed by atoms with E-state index in [2.05, 4.69) is 6.92 Å². The number of carbonyl (C=O) groups excluding carboxylic acids is 2. The molecule has 152 valence electrons. The summed E-state index contributed by atoms with van der Waals surface area (Å²) in [6.45, 7) is 2.32. The highest BCUT2D eigenvalue weighted by molar-refractivity contribution is 5.89. The lowest BCUT2D eigenvalue weighted by molar-refractivity contribution is 0.0375. The van der Waals surface area contributed by atoms with Gasteiger partial charge in [0.1, 0.15) is 12.7 Å². The van der Waals surface area contributed by atoms with E-state index in [0.29, 0.717) is 11.1 Å². The fourth-order valence-corrected chi connectivity index (χ4v) is 2.67. The van der Waals surface area contributed by atoms with Crippen LogP contribution in [0.2, 0.25) is 0 Å². The Morgan fingerprint density at radius 2 is 1.48 bits per heavy atom. The van der Waals surface area contributed by atoms with Gasteiger partial charge in [-0.05, 0) is 49.3 Å². The van der Waals surface area contributed by atoms with Crippen LogP contribution in [0.4, 0.5) is 0 Å². The Kier molecular flexibility index (Phi) is 10.0. The largest absolute Gasteiger partial charge is 0.458 e. The molecule has 0 aliphatic carbocycles. The van der Waals surface area contributed by atoms with Gasteiger partial charge in [0.05, 0.1) is 11.1 Å². The van der Waals surface area contributed by atoms with Crippen LogP contribution >= 0.6 is 0 Å². The topological polar surface area (TPSA) is 52.6 Å². The van der Waals surface area contributed by atoms with Crippen molar-refractivity contribution < 1.29 is 19.1 Å². The molecule has 0 aliphatic rings. The van der Waals surface area contributed by atoms with Gasteiger partial charge in [-0.1, -0.05) is 68.3 Å². The van der Waals surface area contributed by atoms with Gasteiger partial charge < -0.3 is 9.47 Å². The van der Waals surface area contributed by atoms with Gasteiger partial charge in [-0.25, -0.2) is 9.59 Å². The maximum Gasteiger partial charge on any atom is 0.338 e. The molecule has 0 heterocycles. The van der Waals surface area contributed by atoms with Gasteiger partial charge in [0.15, 0.2) is 0 Å². The smallest absolute Gasteiger partial charge is 0.338 e. The van der Waals surface area contributed by atoms with E-state index >= 15 is 0 Å².